The quantitative estimate of drug-likeness (QED) is 0.902. The summed E-state index contributed by atoms with van der Waals surface area (Å²) in [5, 5.41) is 6.32. The number of amides is 1. The Hall–Kier alpha value is -1.88. The molecule has 0 radical (unpaired) electrons. The van der Waals surface area contributed by atoms with Gasteiger partial charge in [0.15, 0.2) is 0 Å². The first kappa shape index (κ1) is 17.0. The molecule has 4 nitrogen and oxygen atoms in total. The first-order valence-electron chi connectivity index (χ1n) is 8.56. The molecule has 1 atom stereocenters. The lowest BCUT2D eigenvalue weighted by Gasteiger charge is -2.13. The molecule has 5 heteroatoms. The molecule has 3 rings (SSSR count). The summed E-state index contributed by atoms with van der Waals surface area (Å²) in [7, 11) is 0. The summed E-state index contributed by atoms with van der Waals surface area (Å²) in [5.41, 5.74) is 2.19. The highest BCUT2D eigenvalue weighted by Gasteiger charge is 2.23. The Bertz CT molecular complexity index is 696. The van der Waals surface area contributed by atoms with Crippen LogP contribution in [0, 0.1) is 5.92 Å². The van der Waals surface area contributed by atoms with Gasteiger partial charge in [-0.2, -0.15) is 0 Å². The van der Waals surface area contributed by atoms with Gasteiger partial charge in [-0.25, -0.2) is 4.98 Å². The number of hydrogen-bond acceptors (Lipinski definition) is 4. The molecule has 1 aromatic heterocycles. The van der Waals surface area contributed by atoms with Crippen LogP contribution in [0.5, 0.6) is 5.75 Å². The first-order chi connectivity index (χ1) is 11.6. The largest absolute Gasteiger partial charge is 0.493 e. The molecule has 1 N–H and O–H groups in total. The van der Waals surface area contributed by atoms with Crippen molar-refractivity contribution in [2.45, 2.75) is 39.0 Å². The lowest BCUT2D eigenvalue weighted by Crippen LogP contribution is -2.33. The normalized spacial score (nSPS) is 17.0. The topological polar surface area (TPSA) is 51.2 Å². The van der Waals surface area contributed by atoms with Gasteiger partial charge in [-0.1, -0.05) is 32.0 Å². The van der Waals surface area contributed by atoms with Gasteiger partial charge in [0.2, 0.25) is 5.91 Å². The summed E-state index contributed by atoms with van der Waals surface area (Å²) in [6.07, 6.45) is 2.29. The van der Waals surface area contributed by atoms with Gasteiger partial charge >= 0.3 is 0 Å². The first-order valence-corrected chi connectivity index (χ1v) is 9.44. The predicted octanol–water partition coefficient (Wildman–Crippen LogP) is 3.57. The van der Waals surface area contributed by atoms with Gasteiger partial charge in [-0.15, -0.1) is 11.3 Å². The number of aromatic nitrogens is 1. The Morgan fingerprint density at radius 2 is 2.25 bits per heavy atom. The second kappa shape index (κ2) is 7.79. The van der Waals surface area contributed by atoms with Gasteiger partial charge in [0.1, 0.15) is 5.75 Å². The van der Waals surface area contributed by atoms with E-state index in [0.717, 1.165) is 41.3 Å². The van der Waals surface area contributed by atoms with Crippen molar-refractivity contribution < 1.29 is 9.53 Å². The van der Waals surface area contributed by atoms with Crippen LogP contribution in [0.4, 0.5) is 0 Å². The predicted molar refractivity (Wildman–Crippen MR) is 96.7 cm³/mol. The molecule has 0 saturated heterocycles. The van der Waals surface area contributed by atoms with Crippen molar-refractivity contribution in [3.63, 3.8) is 0 Å². The van der Waals surface area contributed by atoms with Crippen LogP contribution in [0.3, 0.4) is 0 Å². The number of fused-ring (bicyclic) bond motifs is 1. The fourth-order valence-corrected chi connectivity index (χ4v) is 3.75. The molecular weight excluding hydrogens is 320 g/mol. The van der Waals surface area contributed by atoms with Gasteiger partial charge in [0.05, 0.1) is 17.3 Å². The van der Waals surface area contributed by atoms with E-state index in [1.807, 2.05) is 24.3 Å². The smallest absolute Gasteiger partial charge is 0.223 e. The Morgan fingerprint density at radius 1 is 1.42 bits per heavy atom. The van der Waals surface area contributed by atoms with E-state index in [-0.39, 0.29) is 11.8 Å². The van der Waals surface area contributed by atoms with Crippen LogP contribution in [-0.2, 0) is 17.6 Å². The zero-order valence-electron chi connectivity index (χ0n) is 14.2. The lowest BCUT2D eigenvalue weighted by molar-refractivity contribution is -0.125. The standard InChI is InChI=1S/C19H24N2O2S/c1-13(2)19-21-16(12-24-19)7-9-20-18(22)15-8-10-23-17-6-4-3-5-14(17)11-15/h3-6,12-13,15H,7-11H2,1-2H3,(H,20,22)/t15-/m1/s1. The lowest BCUT2D eigenvalue weighted by atomic mass is 9.96. The Morgan fingerprint density at radius 3 is 3.04 bits per heavy atom. The third-order valence-electron chi connectivity index (χ3n) is 4.28. The minimum atomic E-state index is -0.0182. The molecule has 2 heterocycles. The van der Waals surface area contributed by atoms with Crippen LogP contribution in [0.15, 0.2) is 29.6 Å². The minimum Gasteiger partial charge on any atom is -0.493 e. The van der Waals surface area contributed by atoms with Crippen molar-refractivity contribution in [2.75, 3.05) is 13.2 Å². The molecular formula is C19H24N2O2S. The molecule has 1 aromatic carbocycles. The van der Waals surface area contributed by atoms with Crippen LogP contribution in [-0.4, -0.2) is 24.0 Å². The van der Waals surface area contributed by atoms with Gasteiger partial charge in [-0.3, -0.25) is 4.79 Å². The highest BCUT2D eigenvalue weighted by molar-refractivity contribution is 7.09. The number of hydrogen-bond donors (Lipinski definition) is 1. The molecule has 0 unspecified atom stereocenters. The molecule has 0 aliphatic carbocycles. The third kappa shape index (κ3) is 4.15. The fourth-order valence-electron chi connectivity index (χ4n) is 2.88. The maximum atomic E-state index is 12.5. The van der Waals surface area contributed by atoms with E-state index in [2.05, 4.69) is 29.5 Å². The molecule has 0 fully saturated rings. The summed E-state index contributed by atoms with van der Waals surface area (Å²) in [4.78, 5) is 17.1. The second-order valence-electron chi connectivity index (χ2n) is 6.52. The van der Waals surface area contributed by atoms with E-state index >= 15 is 0 Å². The highest BCUT2D eigenvalue weighted by Crippen LogP contribution is 2.26. The van der Waals surface area contributed by atoms with Crippen LogP contribution >= 0.6 is 11.3 Å². The molecule has 24 heavy (non-hydrogen) atoms. The van der Waals surface area contributed by atoms with Crippen LogP contribution in [0.1, 0.15) is 42.5 Å². The molecule has 2 aromatic rings. The molecule has 0 saturated carbocycles. The minimum absolute atomic E-state index is 0.0182. The molecule has 0 spiro atoms. The number of para-hydroxylation sites is 1. The Kier molecular flexibility index (Phi) is 5.51. The molecule has 0 bridgehead atoms. The number of rotatable bonds is 5. The number of benzene rings is 1. The van der Waals surface area contributed by atoms with Crippen molar-refractivity contribution >= 4 is 17.2 Å². The van der Waals surface area contributed by atoms with Crippen molar-refractivity contribution in [1.29, 1.82) is 0 Å². The van der Waals surface area contributed by atoms with Crippen molar-refractivity contribution in [3.05, 3.63) is 45.9 Å². The van der Waals surface area contributed by atoms with Crippen molar-refractivity contribution in [1.82, 2.24) is 10.3 Å². The van der Waals surface area contributed by atoms with Crippen LogP contribution in [0.25, 0.3) is 0 Å². The SMILES string of the molecule is CC(C)c1nc(CCNC(=O)[C@@H]2CCOc3ccccc3C2)cs1. The van der Waals surface area contributed by atoms with Crippen LogP contribution in [0.2, 0.25) is 0 Å². The fraction of sp³-hybridized carbons (Fsp3) is 0.474. The maximum absolute atomic E-state index is 12.5. The zero-order chi connectivity index (χ0) is 16.9. The summed E-state index contributed by atoms with van der Waals surface area (Å²) < 4.78 is 5.74. The molecule has 1 aliphatic rings. The summed E-state index contributed by atoms with van der Waals surface area (Å²) >= 11 is 1.70. The Balaban J connectivity index is 1.51. The number of nitrogens with zero attached hydrogens (tertiary/aromatic N) is 1. The summed E-state index contributed by atoms with van der Waals surface area (Å²) in [5.74, 6) is 1.48. The average molecular weight is 344 g/mol. The van der Waals surface area contributed by atoms with E-state index in [1.165, 1.54) is 0 Å². The number of nitrogens with one attached hydrogen (secondary N) is 1. The second-order valence-corrected chi connectivity index (χ2v) is 7.41. The zero-order valence-corrected chi connectivity index (χ0v) is 15.1. The highest BCUT2D eigenvalue weighted by atomic mass is 32.1. The van der Waals surface area contributed by atoms with Crippen molar-refractivity contribution in [3.8, 4) is 5.75 Å². The van der Waals surface area contributed by atoms with E-state index in [1.54, 1.807) is 11.3 Å². The van der Waals surface area contributed by atoms with Gasteiger partial charge < -0.3 is 10.1 Å². The molecule has 1 amide bonds. The van der Waals surface area contributed by atoms with Gasteiger partial charge in [0.25, 0.3) is 0 Å². The number of carbonyl (C=O) groups excluding carboxylic acids is 1. The summed E-state index contributed by atoms with van der Waals surface area (Å²) in [6.45, 7) is 5.53. The molecule has 128 valence electrons. The maximum Gasteiger partial charge on any atom is 0.223 e. The molecule has 1 aliphatic heterocycles. The monoisotopic (exact) mass is 344 g/mol. The number of thiazole rings is 1. The number of carbonyl (C=O) groups is 1. The van der Waals surface area contributed by atoms with Crippen molar-refractivity contribution in [2.24, 2.45) is 5.92 Å². The summed E-state index contributed by atoms with van der Waals surface area (Å²) in [6, 6.07) is 7.99. The van der Waals surface area contributed by atoms with E-state index in [9.17, 15) is 4.79 Å². The average Bonchev–Trinajstić information content (AvgIpc) is 2.93. The van der Waals surface area contributed by atoms with E-state index < -0.39 is 0 Å². The van der Waals surface area contributed by atoms with E-state index in [0.29, 0.717) is 19.1 Å². The van der Waals surface area contributed by atoms with Gasteiger partial charge in [-0.05, 0) is 24.5 Å². The third-order valence-corrected chi connectivity index (χ3v) is 5.47. The van der Waals surface area contributed by atoms with Crippen LogP contribution < -0.4 is 10.1 Å². The van der Waals surface area contributed by atoms with Gasteiger partial charge in [0, 0.05) is 30.2 Å². The van der Waals surface area contributed by atoms with E-state index in [4.69, 9.17) is 4.74 Å². The Labute approximate surface area is 147 Å². The number of ether oxygens (including phenoxy) is 1.